The summed E-state index contributed by atoms with van der Waals surface area (Å²) in [5.41, 5.74) is 3.96. The van der Waals surface area contributed by atoms with Gasteiger partial charge in [-0.25, -0.2) is 4.79 Å². The lowest BCUT2D eigenvalue weighted by Gasteiger charge is -2.61. The van der Waals surface area contributed by atoms with Crippen LogP contribution in [0.15, 0.2) is 29.8 Å². The van der Waals surface area contributed by atoms with Gasteiger partial charge in [-0.3, -0.25) is 4.79 Å². The van der Waals surface area contributed by atoms with Gasteiger partial charge >= 0.3 is 5.97 Å². The van der Waals surface area contributed by atoms with Crippen molar-refractivity contribution in [2.45, 2.75) is 78.2 Å². The molecule has 1 aromatic rings. The van der Waals surface area contributed by atoms with Crippen molar-refractivity contribution in [1.82, 2.24) is 4.90 Å². The molecule has 1 amide bonds. The molecule has 4 heteroatoms. The topological polar surface area (TPSA) is 46.6 Å². The van der Waals surface area contributed by atoms with E-state index in [1.165, 1.54) is 44.1 Å². The zero-order valence-electron chi connectivity index (χ0n) is 20.7. The maximum Gasteiger partial charge on any atom is 0.338 e. The van der Waals surface area contributed by atoms with Crippen molar-refractivity contribution in [2.75, 3.05) is 13.7 Å². The van der Waals surface area contributed by atoms with Gasteiger partial charge in [0.25, 0.3) is 0 Å². The van der Waals surface area contributed by atoms with Gasteiger partial charge in [0.2, 0.25) is 5.91 Å². The third kappa shape index (κ3) is 3.56. The Kier molecular flexibility index (Phi) is 5.69. The maximum atomic E-state index is 12.4. The molecular formula is C29H39NO3. The number of nitrogens with zero attached hydrogens (tertiary/aromatic N) is 1. The number of allylic oxidation sites excluding steroid dienone is 1. The van der Waals surface area contributed by atoms with E-state index in [-0.39, 0.29) is 16.8 Å². The lowest BCUT2D eigenvalue weighted by molar-refractivity contribution is -0.156. The van der Waals surface area contributed by atoms with E-state index >= 15 is 0 Å². The third-order valence-corrected chi connectivity index (χ3v) is 10.2. The quantitative estimate of drug-likeness (QED) is 0.523. The molecule has 3 aliphatic carbocycles. The Labute approximate surface area is 198 Å². The standard InChI is InChI=1S/C29H39NO3/c1-5-33-27(32)20-8-6-19(7-9-20)18-21-10-12-23-22-11-13-25-29(3,17-15-26(31)30(25)4)24(22)14-16-28(21,23)2/h6-9,18,22-25H,5,10-17H2,1-4H3/b21-18+/t22-,23-,24-,25+,28+,29+/m0/s1. The Balaban J connectivity index is 1.37. The van der Waals surface area contributed by atoms with Crippen LogP contribution in [0.4, 0.5) is 0 Å². The van der Waals surface area contributed by atoms with Crippen molar-refractivity contribution >= 4 is 18.0 Å². The highest BCUT2D eigenvalue weighted by Gasteiger charge is 2.60. The first-order chi connectivity index (χ1) is 15.8. The minimum atomic E-state index is -0.248. The van der Waals surface area contributed by atoms with E-state index < -0.39 is 0 Å². The summed E-state index contributed by atoms with van der Waals surface area (Å²) in [7, 11) is 2.04. The van der Waals surface area contributed by atoms with E-state index in [0.717, 1.165) is 30.6 Å². The molecule has 1 heterocycles. The van der Waals surface area contributed by atoms with E-state index in [1.54, 1.807) is 5.57 Å². The number of esters is 1. The summed E-state index contributed by atoms with van der Waals surface area (Å²) in [6.45, 7) is 7.25. The Morgan fingerprint density at radius 1 is 1.06 bits per heavy atom. The fourth-order valence-electron chi connectivity index (χ4n) is 8.37. The molecule has 0 spiro atoms. The molecule has 5 rings (SSSR count). The van der Waals surface area contributed by atoms with E-state index in [9.17, 15) is 9.59 Å². The minimum Gasteiger partial charge on any atom is -0.462 e. The second kappa shape index (κ2) is 8.29. The predicted octanol–water partition coefficient (Wildman–Crippen LogP) is 6.11. The van der Waals surface area contributed by atoms with Gasteiger partial charge in [0, 0.05) is 19.5 Å². The number of rotatable bonds is 3. The highest BCUT2D eigenvalue weighted by molar-refractivity contribution is 5.89. The number of hydrogen-bond acceptors (Lipinski definition) is 3. The molecule has 33 heavy (non-hydrogen) atoms. The summed E-state index contributed by atoms with van der Waals surface area (Å²) in [5, 5.41) is 0. The maximum absolute atomic E-state index is 12.4. The molecule has 4 aliphatic rings. The van der Waals surface area contributed by atoms with Crippen molar-refractivity contribution in [3.63, 3.8) is 0 Å². The first-order valence-electron chi connectivity index (χ1n) is 13.0. The zero-order valence-corrected chi connectivity index (χ0v) is 20.7. The Morgan fingerprint density at radius 2 is 1.82 bits per heavy atom. The van der Waals surface area contributed by atoms with Gasteiger partial charge in [0.1, 0.15) is 0 Å². The number of benzene rings is 1. The summed E-state index contributed by atoms with van der Waals surface area (Å²) in [6.07, 6.45) is 11.6. The molecular weight excluding hydrogens is 410 g/mol. The molecule has 0 bridgehead atoms. The molecule has 4 nitrogen and oxygen atoms in total. The van der Waals surface area contributed by atoms with Crippen LogP contribution in [0.25, 0.3) is 6.08 Å². The van der Waals surface area contributed by atoms with Crippen LogP contribution in [0.2, 0.25) is 0 Å². The van der Waals surface area contributed by atoms with Gasteiger partial charge in [0.15, 0.2) is 0 Å². The van der Waals surface area contributed by atoms with Crippen LogP contribution < -0.4 is 0 Å². The molecule has 3 saturated carbocycles. The molecule has 6 atom stereocenters. The summed E-state index contributed by atoms with van der Waals surface area (Å²) < 4.78 is 5.12. The van der Waals surface area contributed by atoms with Crippen molar-refractivity contribution in [3.8, 4) is 0 Å². The SMILES string of the molecule is CCOC(=O)c1ccc(/C=C2\CC[C@H]3[C@@H]4CC[C@H]5N(C)C(=O)CC[C@]5(C)[C@H]4CC[C@]23C)cc1. The van der Waals surface area contributed by atoms with Crippen LogP contribution in [0.3, 0.4) is 0 Å². The molecule has 0 N–H and O–H groups in total. The Morgan fingerprint density at radius 3 is 2.55 bits per heavy atom. The number of amides is 1. The molecule has 1 aromatic carbocycles. The van der Waals surface area contributed by atoms with Gasteiger partial charge in [-0.15, -0.1) is 0 Å². The molecule has 4 fully saturated rings. The van der Waals surface area contributed by atoms with Gasteiger partial charge in [0.05, 0.1) is 12.2 Å². The minimum absolute atomic E-state index is 0.248. The van der Waals surface area contributed by atoms with Crippen molar-refractivity contribution < 1.29 is 14.3 Å². The molecule has 1 aliphatic heterocycles. The second-order valence-electron chi connectivity index (χ2n) is 11.5. The van der Waals surface area contributed by atoms with Crippen LogP contribution in [-0.2, 0) is 9.53 Å². The van der Waals surface area contributed by atoms with Crippen LogP contribution in [0.1, 0.15) is 88.1 Å². The number of piperidine rings is 1. The normalized spacial score (nSPS) is 39.1. The van der Waals surface area contributed by atoms with E-state index in [0.29, 0.717) is 24.1 Å². The fourth-order valence-corrected chi connectivity index (χ4v) is 8.37. The van der Waals surface area contributed by atoms with Crippen LogP contribution in [0.5, 0.6) is 0 Å². The average molecular weight is 450 g/mol. The summed E-state index contributed by atoms with van der Waals surface area (Å²) in [5.74, 6) is 2.37. The molecule has 0 unspecified atom stereocenters. The summed E-state index contributed by atoms with van der Waals surface area (Å²) >= 11 is 0. The zero-order chi connectivity index (χ0) is 23.4. The lowest BCUT2D eigenvalue weighted by atomic mass is 9.47. The second-order valence-corrected chi connectivity index (χ2v) is 11.5. The highest BCUT2D eigenvalue weighted by atomic mass is 16.5. The van der Waals surface area contributed by atoms with Crippen LogP contribution >= 0.6 is 0 Å². The molecule has 0 aromatic heterocycles. The van der Waals surface area contributed by atoms with E-state index in [2.05, 4.69) is 37.0 Å². The first kappa shape index (κ1) is 22.7. The van der Waals surface area contributed by atoms with Gasteiger partial charge in [-0.2, -0.15) is 0 Å². The Hall–Kier alpha value is -2.10. The number of ether oxygens (including phenoxy) is 1. The molecule has 178 valence electrons. The number of likely N-dealkylation sites (tertiary alicyclic amines) is 1. The number of fused-ring (bicyclic) bond motifs is 5. The third-order valence-electron chi connectivity index (χ3n) is 10.2. The largest absolute Gasteiger partial charge is 0.462 e. The van der Waals surface area contributed by atoms with Gasteiger partial charge in [-0.05, 0) is 98.1 Å². The first-order valence-corrected chi connectivity index (χ1v) is 13.0. The van der Waals surface area contributed by atoms with Gasteiger partial charge in [-0.1, -0.05) is 37.6 Å². The van der Waals surface area contributed by atoms with E-state index in [4.69, 9.17) is 4.74 Å². The molecule has 1 saturated heterocycles. The monoisotopic (exact) mass is 449 g/mol. The van der Waals surface area contributed by atoms with Crippen LogP contribution in [-0.4, -0.2) is 36.5 Å². The number of carbonyl (C=O) groups is 2. The Bertz CT molecular complexity index is 966. The number of hydrogen-bond donors (Lipinski definition) is 0. The van der Waals surface area contributed by atoms with Crippen molar-refractivity contribution in [2.24, 2.45) is 28.6 Å². The predicted molar refractivity (Wildman–Crippen MR) is 131 cm³/mol. The number of carbonyl (C=O) groups excluding carboxylic acids is 2. The summed E-state index contributed by atoms with van der Waals surface area (Å²) in [6, 6.07) is 8.32. The highest BCUT2D eigenvalue weighted by Crippen LogP contribution is 2.66. The van der Waals surface area contributed by atoms with Gasteiger partial charge < -0.3 is 9.64 Å². The van der Waals surface area contributed by atoms with Crippen molar-refractivity contribution in [3.05, 3.63) is 41.0 Å². The smallest absolute Gasteiger partial charge is 0.338 e. The summed E-state index contributed by atoms with van der Waals surface area (Å²) in [4.78, 5) is 26.5. The fraction of sp³-hybridized carbons (Fsp3) is 0.655. The van der Waals surface area contributed by atoms with Crippen LogP contribution in [0, 0.1) is 28.6 Å². The average Bonchev–Trinajstić information content (AvgIpc) is 3.13. The lowest BCUT2D eigenvalue weighted by Crippen LogP contribution is -2.61. The molecule has 0 radical (unpaired) electrons. The van der Waals surface area contributed by atoms with E-state index in [1.807, 2.05) is 26.1 Å². The van der Waals surface area contributed by atoms with Crippen molar-refractivity contribution in [1.29, 1.82) is 0 Å².